The van der Waals surface area contributed by atoms with Gasteiger partial charge >= 0.3 is 0 Å². The lowest BCUT2D eigenvalue weighted by atomic mass is 9.88. The van der Waals surface area contributed by atoms with Crippen LogP contribution < -0.4 is 5.73 Å². The molecule has 1 aliphatic rings. The van der Waals surface area contributed by atoms with Gasteiger partial charge in [-0.2, -0.15) is 0 Å². The Balaban J connectivity index is 2.63. The number of ether oxygens (including phenoxy) is 1. The minimum absolute atomic E-state index is 0.00949. The molecule has 3 heteroatoms. The van der Waals surface area contributed by atoms with E-state index >= 15 is 0 Å². The summed E-state index contributed by atoms with van der Waals surface area (Å²) in [5.41, 5.74) is 5.96. The highest BCUT2D eigenvalue weighted by atomic mass is 16.5. The molecule has 0 spiro atoms. The number of rotatable bonds is 5. The Bertz CT molecular complexity index is 210. The van der Waals surface area contributed by atoms with Crippen molar-refractivity contribution in [2.45, 2.75) is 52.1 Å². The van der Waals surface area contributed by atoms with E-state index in [0.29, 0.717) is 12.6 Å². The van der Waals surface area contributed by atoms with E-state index in [1.807, 2.05) is 6.92 Å². The second-order valence-electron chi connectivity index (χ2n) is 5.51. The van der Waals surface area contributed by atoms with Crippen molar-refractivity contribution < 1.29 is 4.74 Å². The summed E-state index contributed by atoms with van der Waals surface area (Å²) in [6, 6.07) is 0.623. The Morgan fingerprint density at radius 3 is 2.62 bits per heavy atom. The van der Waals surface area contributed by atoms with Crippen LogP contribution in [0.4, 0.5) is 0 Å². The van der Waals surface area contributed by atoms with Gasteiger partial charge in [-0.3, -0.25) is 4.90 Å². The van der Waals surface area contributed by atoms with Gasteiger partial charge in [-0.1, -0.05) is 6.92 Å². The molecule has 16 heavy (non-hydrogen) atoms. The Kier molecular flexibility index (Phi) is 5.22. The first-order valence-corrected chi connectivity index (χ1v) is 6.58. The minimum Gasteiger partial charge on any atom is -0.380 e. The van der Waals surface area contributed by atoms with Crippen LogP contribution >= 0.6 is 0 Å². The molecule has 3 atom stereocenters. The molecule has 3 nitrogen and oxygen atoms in total. The molecule has 0 saturated carbocycles. The molecule has 0 bridgehead atoms. The van der Waals surface area contributed by atoms with Crippen molar-refractivity contribution >= 4 is 0 Å². The molecular formula is C13H28N2O. The van der Waals surface area contributed by atoms with E-state index in [-0.39, 0.29) is 5.54 Å². The fraction of sp³-hybridized carbons (Fsp3) is 1.00. The normalized spacial score (nSPS) is 31.3. The van der Waals surface area contributed by atoms with E-state index in [1.54, 1.807) is 0 Å². The summed E-state index contributed by atoms with van der Waals surface area (Å²) >= 11 is 0. The largest absolute Gasteiger partial charge is 0.380 e. The monoisotopic (exact) mass is 228 g/mol. The molecule has 1 aliphatic heterocycles. The SMILES string of the molecule is CCOCC(C)(CN)N1CCC(C)CC1C. The first kappa shape index (κ1) is 13.9. The molecule has 96 valence electrons. The lowest BCUT2D eigenvalue weighted by Crippen LogP contribution is -2.60. The predicted octanol–water partition coefficient (Wildman–Crippen LogP) is 1.86. The maximum atomic E-state index is 5.95. The summed E-state index contributed by atoms with van der Waals surface area (Å²) in [6.45, 7) is 12.3. The maximum absolute atomic E-state index is 5.95. The summed E-state index contributed by atoms with van der Waals surface area (Å²) in [5.74, 6) is 0.848. The molecule has 0 aliphatic carbocycles. The molecule has 1 saturated heterocycles. The van der Waals surface area contributed by atoms with Gasteiger partial charge in [0.2, 0.25) is 0 Å². The number of piperidine rings is 1. The van der Waals surface area contributed by atoms with E-state index in [0.717, 1.165) is 25.7 Å². The number of hydrogen-bond acceptors (Lipinski definition) is 3. The summed E-state index contributed by atoms with van der Waals surface area (Å²) in [7, 11) is 0. The first-order valence-electron chi connectivity index (χ1n) is 6.58. The lowest BCUT2D eigenvalue weighted by molar-refractivity contribution is -0.0311. The topological polar surface area (TPSA) is 38.5 Å². The Morgan fingerprint density at radius 1 is 1.44 bits per heavy atom. The van der Waals surface area contributed by atoms with Crippen LogP contribution in [0, 0.1) is 5.92 Å². The van der Waals surface area contributed by atoms with Crippen molar-refractivity contribution in [3.05, 3.63) is 0 Å². The molecule has 3 unspecified atom stereocenters. The fourth-order valence-electron chi connectivity index (χ4n) is 2.79. The lowest BCUT2D eigenvalue weighted by Gasteiger charge is -2.47. The molecule has 0 radical (unpaired) electrons. The van der Waals surface area contributed by atoms with Crippen LogP contribution in [-0.2, 0) is 4.74 Å². The van der Waals surface area contributed by atoms with E-state index < -0.39 is 0 Å². The number of hydrogen-bond donors (Lipinski definition) is 1. The van der Waals surface area contributed by atoms with E-state index in [2.05, 4.69) is 25.7 Å². The van der Waals surface area contributed by atoms with Crippen LogP contribution in [-0.4, -0.2) is 42.8 Å². The maximum Gasteiger partial charge on any atom is 0.0660 e. The first-order chi connectivity index (χ1) is 7.53. The Hall–Kier alpha value is -0.120. The van der Waals surface area contributed by atoms with Crippen LogP contribution in [0.5, 0.6) is 0 Å². The minimum atomic E-state index is 0.00949. The Morgan fingerprint density at radius 2 is 2.12 bits per heavy atom. The van der Waals surface area contributed by atoms with Crippen LogP contribution in [0.15, 0.2) is 0 Å². The zero-order valence-electron chi connectivity index (χ0n) is 11.3. The second kappa shape index (κ2) is 5.99. The third-order valence-electron chi connectivity index (χ3n) is 3.89. The van der Waals surface area contributed by atoms with Gasteiger partial charge in [0.15, 0.2) is 0 Å². The highest BCUT2D eigenvalue weighted by Gasteiger charge is 2.36. The average molecular weight is 228 g/mol. The molecule has 1 fully saturated rings. The van der Waals surface area contributed by atoms with Crippen molar-refractivity contribution in [1.82, 2.24) is 4.90 Å². The molecule has 0 aromatic rings. The molecule has 0 aromatic heterocycles. The summed E-state index contributed by atoms with van der Waals surface area (Å²) in [5, 5.41) is 0. The van der Waals surface area contributed by atoms with Gasteiger partial charge in [0, 0.05) is 19.2 Å². The zero-order chi connectivity index (χ0) is 12.2. The fourth-order valence-corrected chi connectivity index (χ4v) is 2.79. The van der Waals surface area contributed by atoms with Crippen molar-refractivity contribution in [3.8, 4) is 0 Å². The molecule has 2 N–H and O–H groups in total. The number of nitrogens with two attached hydrogens (primary N) is 1. The smallest absolute Gasteiger partial charge is 0.0660 e. The second-order valence-corrected chi connectivity index (χ2v) is 5.51. The molecule has 1 heterocycles. The van der Waals surface area contributed by atoms with E-state index in [1.165, 1.54) is 12.8 Å². The quantitative estimate of drug-likeness (QED) is 0.780. The van der Waals surface area contributed by atoms with Gasteiger partial charge < -0.3 is 10.5 Å². The van der Waals surface area contributed by atoms with Gasteiger partial charge in [-0.05, 0) is 46.1 Å². The van der Waals surface area contributed by atoms with Crippen molar-refractivity contribution in [1.29, 1.82) is 0 Å². The van der Waals surface area contributed by atoms with Gasteiger partial charge in [-0.15, -0.1) is 0 Å². The standard InChI is InChI=1S/C13H28N2O/c1-5-16-10-13(4,9-14)15-7-6-11(2)8-12(15)3/h11-12H,5-10,14H2,1-4H3. The van der Waals surface area contributed by atoms with E-state index in [4.69, 9.17) is 10.5 Å². The van der Waals surface area contributed by atoms with Crippen molar-refractivity contribution in [3.63, 3.8) is 0 Å². The molecule has 0 amide bonds. The van der Waals surface area contributed by atoms with Crippen LogP contribution in [0.1, 0.15) is 40.5 Å². The van der Waals surface area contributed by atoms with Gasteiger partial charge in [0.05, 0.1) is 12.1 Å². The third kappa shape index (κ3) is 3.19. The average Bonchev–Trinajstić information content (AvgIpc) is 2.26. The Labute approximate surface area is 100 Å². The summed E-state index contributed by atoms with van der Waals surface area (Å²) in [6.07, 6.45) is 2.56. The van der Waals surface area contributed by atoms with Crippen LogP contribution in [0.3, 0.4) is 0 Å². The van der Waals surface area contributed by atoms with Gasteiger partial charge in [0.25, 0.3) is 0 Å². The number of nitrogens with zero attached hydrogens (tertiary/aromatic N) is 1. The summed E-state index contributed by atoms with van der Waals surface area (Å²) < 4.78 is 5.60. The molecular weight excluding hydrogens is 200 g/mol. The van der Waals surface area contributed by atoms with Gasteiger partial charge in [0.1, 0.15) is 0 Å². The van der Waals surface area contributed by atoms with Crippen LogP contribution in [0.2, 0.25) is 0 Å². The summed E-state index contributed by atoms with van der Waals surface area (Å²) in [4.78, 5) is 2.54. The van der Waals surface area contributed by atoms with Gasteiger partial charge in [-0.25, -0.2) is 0 Å². The molecule has 1 rings (SSSR count). The highest BCUT2D eigenvalue weighted by molar-refractivity contribution is 4.93. The van der Waals surface area contributed by atoms with E-state index in [9.17, 15) is 0 Å². The number of likely N-dealkylation sites (tertiary alicyclic amines) is 1. The zero-order valence-corrected chi connectivity index (χ0v) is 11.3. The highest BCUT2D eigenvalue weighted by Crippen LogP contribution is 2.28. The van der Waals surface area contributed by atoms with Crippen molar-refractivity contribution in [2.24, 2.45) is 11.7 Å². The van der Waals surface area contributed by atoms with Crippen LogP contribution in [0.25, 0.3) is 0 Å². The third-order valence-corrected chi connectivity index (χ3v) is 3.89. The van der Waals surface area contributed by atoms with Crippen molar-refractivity contribution in [2.75, 3.05) is 26.3 Å². The predicted molar refractivity (Wildman–Crippen MR) is 68.5 cm³/mol. The molecule has 0 aromatic carbocycles.